The van der Waals surface area contributed by atoms with Crippen molar-refractivity contribution in [2.45, 2.75) is 18.6 Å². The van der Waals surface area contributed by atoms with Gasteiger partial charge in [0.25, 0.3) is 0 Å². The van der Waals surface area contributed by atoms with Crippen LogP contribution in [0.5, 0.6) is 0 Å². The van der Waals surface area contributed by atoms with Crippen LogP contribution in [0.1, 0.15) is 23.5 Å². The Bertz CT molecular complexity index is 314. The van der Waals surface area contributed by atoms with Crippen molar-refractivity contribution in [3.8, 4) is 0 Å². The summed E-state index contributed by atoms with van der Waals surface area (Å²) in [6.45, 7) is 2.17. The molecule has 12 heavy (non-hydrogen) atoms. The largest absolute Gasteiger partial charge is 0.127 e. The van der Waals surface area contributed by atoms with Crippen LogP contribution in [0.2, 0.25) is 4.34 Å². The van der Waals surface area contributed by atoms with Crippen LogP contribution >= 0.6 is 34.7 Å². The maximum absolute atomic E-state index is 5.87. The summed E-state index contributed by atoms with van der Waals surface area (Å²) >= 11 is 9.51. The van der Waals surface area contributed by atoms with Crippen LogP contribution < -0.4 is 0 Å². The fraction of sp³-hybridized carbons (Fsp3) is 0.333. The highest BCUT2D eigenvalue weighted by atomic mass is 35.5. The van der Waals surface area contributed by atoms with Gasteiger partial charge in [-0.3, -0.25) is 0 Å². The molecule has 0 spiro atoms. The van der Waals surface area contributed by atoms with Gasteiger partial charge in [-0.05, 0) is 30.4 Å². The molecule has 0 nitrogen and oxygen atoms in total. The number of halogens is 1. The minimum absolute atomic E-state index is 0.627. The van der Waals surface area contributed by atoms with E-state index in [4.69, 9.17) is 11.6 Å². The lowest BCUT2D eigenvalue weighted by atomic mass is 10.2. The first kappa shape index (κ1) is 8.67. The van der Waals surface area contributed by atoms with Crippen LogP contribution in [0.15, 0.2) is 23.1 Å². The van der Waals surface area contributed by atoms with Crippen molar-refractivity contribution in [3.05, 3.63) is 32.3 Å². The maximum Gasteiger partial charge on any atom is 0.0931 e. The Morgan fingerprint density at radius 2 is 2.33 bits per heavy atom. The van der Waals surface area contributed by atoms with E-state index in [9.17, 15) is 0 Å². The molecule has 0 N–H and O–H groups in total. The predicted molar refractivity (Wildman–Crippen MR) is 58.0 cm³/mol. The average molecular weight is 217 g/mol. The molecule has 0 aromatic carbocycles. The molecular weight excluding hydrogens is 208 g/mol. The molecule has 1 aliphatic heterocycles. The van der Waals surface area contributed by atoms with Crippen molar-refractivity contribution in [3.63, 3.8) is 0 Å². The molecule has 64 valence electrons. The first-order valence-corrected chi connectivity index (χ1v) is 5.92. The van der Waals surface area contributed by atoms with E-state index in [1.54, 1.807) is 11.3 Å². The van der Waals surface area contributed by atoms with Crippen LogP contribution in [0.4, 0.5) is 0 Å². The van der Waals surface area contributed by atoms with E-state index in [0.29, 0.717) is 5.25 Å². The molecule has 0 bridgehead atoms. The van der Waals surface area contributed by atoms with Gasteiger partial charge in [0.2, 0.25) is 0 Å². The van der Waals surface area contributed by atoms with Gasteiger partial charge in [0.05, 0.1) is 4.34 Å². The lowest BCUT2D eigenvalue weighted by Crippen LogP contribution is -1.81. The minimum Gasteiger partial charge on any atom is -0.127 e. The Labute approximate surface area is 85.6 Å². The SMILES string of the molecule is CC1=CCC(c2ccc(Cl)s2)S1. The van der Waals surface area contributed by atoms with Gasteiger partial charge in [0.15, 0.2) is 0 Å². The molecule has 0 aliphatic carbocycles. The fourth-order valence-corrected chi connectivity index (χ4v) is 3.64. The highest BCUT2D eigenvalue weighted by Gasteiger charge is 2.18. The van der Waals surface area contributed by atoms with E-state index < -0.39 is 0 Å². The highest BCUT2D eigenvalue weighted by molar-refractivity contribution is 8.03. The van der Waals surface area contributed by atoms with Gasteiger partial charge in [-0.15, -0.1) is 23.1 Å². The number of hydrogen-bond acceptors (Lipinski definition) is 2. The van der Waals surface area contributed by atoms with Crippen molar-refractivity contribution in [1.82, 2.24) is 0 Å². The number of rotatable bonds is 1. The molecule has 0 saturated heterocycles. The number of allylic oxidation sites excluding steroid dienone is 2. The van der Waals surface area contributed by atoms with Gasteiger partial charge < -0.3 is 0 Å². The van der Waals surface area contributed by atoms with Crippen LogP contribution in [0, 0.1) is 0 Å². The second-order valence-corrected chi connectivity index (χ2v) is 5.99. The zero-order valence-electron chi connectivity index (χ0n) is 6.71. The van der Waals surface area contributed by atoms with Crippen LogP contribution in [0.3, 0.4) is 0 Å². The Morgan fingerprint density at radius 1 is 1.50 bits per heavy atom. The molecule has 1 unspecified atom stereocenters. The zero-order chi connectivity index (χ0) is 8.55. The van der Waals surface area contributed by atoms with Crippen molar-refractivity contribution in [1.29, 1.82) is 0 Å². The summed E-state index contributed by atoms with van der Waals surface area (Å²) in [5.74, 6) is 0. The normalized spacial score (nSPS) is 22.8. The Balaban J connectivity index is 2.13. The zero-order valence-corrected chi connectivity index (χ0v) is 9.10. The molecular formula is C9H9ClS2. The predicted octanol–water partition coefficient (Wildman–Crippen LogP) is 4.48. The number of hydrogen-bond donors (Lipinski definition) is 0. The van der Waals surface area contributed by atoms with E-state index in [2.05, 4.69) is 19.1 Å². The molecule has 1 aromatic rings. The summed E-state index contributed by atoms with van der Waals surface area (Å²) in [7, 11) is 0. The lowest BCUT2D eigenvalue weighted by molar-refractivity contribution is 1.02. The summed E-state index contributed by atoms with van der Waals surface area (Å²) < 4.78 is 0.898. The summed E-state index contributed by atoms with van der Waals surface area (Å²) in [6.07, 6.45) is 3.45. The van der Waals surface area contributed by atoms with E-state index in [0.717, 1.165) is 10.8 Å². The standard InChI is InChI=1S/C9H9ClS2/c1-6-2-3-7(11-6)8-4-5-9(10)12-8/h2,4-5,7H,3H2,1H3. The van der Waals surface area contributed by atoms with E-state index >= 15 is 0 Å². The lowest BCUT2D eigenvalue weighted by Gasteiger charge is -2.04. The van der Waals surface area contributed by atoms with E-state index in [-0.39, 0.29) is 0 Å². The van der Waals surface area contributed by atoms with Crippen LogP contribution in [-0.4, -0.2) is 0 Å². The molecule has 2 rings (SSSR count). The van der Waals surface area contributed by atoms with Crippen LogP contribution in [-0.2, 0) is 0 Å². The second-order valence-electron chi connectivity index (χ2n) is 2.80. The van der Waals surface area contributed by atoms with Gasteiger partial charge in [-0.25, -0.2) is 0 Å². The van der Waals surface area contributed by atoms with Crippen molar-refractivity contribution in [2.75, 3.05) is 0 Å². The topological polar surface area (TPSA) is 0 Å². The molecule has 1 aromatic heterocycles. The van der Waals surface area contributed by atoms with E-state index in [1.807, 2.05) is 17.8 Å². The Morgan fingerprint density at radius 3 is 2.83 bits per heavy atom. The molecule has 0 radical (unpaired) electrons. The average Bonchev–Trinajstić information content (AvgIpc) is 2.58. The molecule has 1 aliphatic rings. The highest BCUT2D eigenvalue weighted by Crippen LogP contribution is 2.45. The smallest absolute Gasteiger partial charge is 0.0931 e. The molecule has 0 amide bonds. The van der Waals surface area contributed by atoms with Crippen molar-refractivity contribution in [2.24, 2.45) is 0 Å². The van der Waals surface area contributed by atoms with Crippen LogP contribution in [0.25, 0.3) is 0 Å². The number of thioether (sulfide) groups is 1. The third kappa shape index (κ3) is 1.70. The second kappa shape index (κ2) is 3.44. The molecule has 0 fully saturated rings. The van der Waals surface area contributed by atoms with Gasteiger partial charge in [-0.2, -0.15) is 0 Å². The minimum atomic E-state index is 0.627. The first-order chi connectivity index (χ1) is 5.75. The third-order valence-electron chi connectivity index (χ3n) is 1.86. The molecule has 0 saturated carbocycles. The van der Waals surface area contributed by atoms with E-state index in [1.165, 1.54) is 9.78 Å². The summed E-state index contributed by atoms with van der Waals surface area (Å²) in [5.41, 5.74) is 0. The van der Waals surface area contributed by atoms with Gasteiger partial charge in [0.1, 0.15) is 0 Å². The summed E-state index contributed by atoms with van der Waals surface area (Å²) in [6, 6.07) is 4.12. The first-order valence-electron chi connectivity index (χ1n) is 3.84. The van der Waals surface area contributed by atoms with Gasteiger partial charge >= 0.3 is 0 Å². The quantitative estimate of drug-likeness (QED) is 0.667. The monoisotopic (exact) mass is 216 g/mol. The fourth-order valence-electron chi connectivity index (χ4n) is 1.27. The third-order valence-corrected chi connectivity index (χ3v) is 4.62. The molecule has 3 heteroatoms. The van der Waals surface area contributed by atoms with Crippen molar-refractivity contribution >= 4 is 34.7 Å². The molecule has 2 heterocycles. The summed E-state index contributed by atoms with van der Waals surface area (Å²) in [5, 5.41) is 0.627. The van der Waals surface area contributed by atoms with Crippen molar-refractivity contribution < 1.29 is 0 Å². The van der Waals surface area contributed by atoms with Gasteiger partial charge in [0, 0.05) is 10.1 Å². The van der Waals surface area contributed by atoms with Gasteiger partial charge in [-0.1, -0.05) is 17.7 Å². The summed E-state index contributed by atoms with van der Waals surface area (Å²) in [4.78, 5) is 2.84. The Hall–Kier alpha value is 0.0800. The Kier molecular flexibility index (Phi) is 2.49. The molecule has 1 atom stereocenters. The number of thiophene rings is 1. The maximum atomic E-state index is 5.87.